The third-order valence-corrected chi connectivity index (χ3v) is 5.58. The third-order valence-electron chi connectivity index (χ3n) is 4.76. The summed E-state index contributed by atoms with van der Waals surface area (Å²) in [6, 6.07) is 20.2. The van der Waals surface area contributed by atoms with Crippen LogP contribution in [-0.2, 0) is 11.3 Å². The lowest BCUT2D eigenvalue weighted by Gasteiger charge is -2.07. The summed E-state index contributed by atoms with van der Waals surface area (Å²) in [5.74, 6) is -0.341. The molecule has 1 saturated heterocycles. The van der Waals surface area contributed by atoms with Crippen LogP contribution in [0.5, 0.6) is 0 Å². The van der Waals surface area contributed by atoms with E-state index >= 15 is 0 Å². The number of para-hydroxylation sites is 1. The third kappa shape index (κ3) is 2.97. The van der Waals surface area contributed by atoms with Crippen LogP contribution in [0.3, 0.4) is 0 Å². The molecule has 6 heteroatoms. The number of carbonyl (C=O) groups is 2. The minimum Gasteiger partial charge on any atom is -0.341 e. The van der Waals surface area contributed by atoms with Crippen molar-refractivity contribution in [1.82, 2.24) is 14.9 Å². The molecule has 5 nitrogen and oxygen atoms in total. The highest BCUT2D eigenvalue weighted by Crippen LogP contribution is 2.29. The first-order valence-electron chi connectivity index (χ1n) is 8.85. The van der Waals surface area contributed by atoms with Gasteiger partial charge in [-0.05, 0) is 47.7 Å². The molecule has 2 aromatic carbocycles. The van der Waals surface area contributed by atoms with Gasteiger partial charge in [-0.1, -0.05) is 36.4 Å². The van der Waals surface area contributed by atoms with Crippen LogP contribution < -0.4 is 5.32 Å². The Kier molecular flexibility index (Phi) is 3.98. The van der Waals surface area contributed by atoms with Crippen LogP contribution in [0.1, 0.15) is 11.3 Å². The maximum atomic E-state index is 11.8. The number of carbonyl (C=O) groups excluding carboxylic acids is 2. The molecule has 1 fully saturated rings. The van der Waals surface area contributed by atoms with Crippen molar-refractivity contribution in [3.05, 3.63) is 83.0 Å². The number of hydrogen-bond acceptors (Lipinski definition) is 4. The number of rotatable bonds is 3. The Morgan fingerprint density at radius 1 is 1.00 bits per heavy atom. The van der Waals surface area contributed by atoms with Crippen molar-refractivity contribution in [2.45, 2.75) is 6.54 Å². The van der Waals surface area contributed by atoms with Gasteiger partial charge in [0.15, 0.2) is 0 Å². The number of pyridine rings is 1. The van der Waals surface area contributed by atoms with Crippen molar-refractivity contribution < 1.29 is 9.59 Å². The van der Waals surface area contributed by atoms with Crippen LogP contribution >= 0.6 is 11.8 Å². The van der Waals surface area contributed by atoms with Crippen molar-refractivity contribution in [3.8, 4) is 0 Å². The monoisotopic (exact) mass is 385 g/mol. The molecule has 3 heterocycles. The molecule has 28 heavy (non-hydrogen) atoms. The van der Waals surface area contributed by atoms with Crippen LogP contribution in [0.15, 0.2) is 71.8 Å². The van der Waals surface area contributed by atoms with Gasteiger partial charge in [-0.15, -0.1) is 0 Å². The fraction of sp³-hybridized carbons (Fsp3) is 0.0455. The Labute approximate surface area is 165 Å². The van der Waals surface area contributed by atoms with Gasteiger partial charge in [-0.2, -0.15) is 0 Å². The van der Waals surface area contributed by atoms with Crippen LogP contribution in [0, 0.1) is 0 Å². The molecule has 1 aliphatic rings. The van der Waals surface area contributed by atoms with Crippen molar-refractivity contribution in [1.29, 1.82) is 0 Å². The summed E-state index contributed by atoms with van der Waals surface area (Å²) in [6.07, 6.45) is 3.79. The molecule has 1 aliphatic heterocycles. The lowest BCUT2D eigenvalue weighted by Crippen LogP contribution is -2.17. The van der Waals surface area contributed by atoms with Gasteiger partial charge in [0, 0.05) is 22.5 Å². The molecule has 136 valence electrons. The van der Waals surface area contributed by atoms with Gasteiger partial charge in [-0.25, -0.2) is 0 Å². The average molecular weight is 385 g/mol. The number of thioether (sulfide) groups is 1. The Morgan fingerprint density at radius 2 is 1.89 bits per heavy atom. The lowest BCUT2D eigenvalue weighted by atomic mass is 10.1. The van der Waals surface area contributed by atoms with Gasteiger partial charge in [-0.3, -0.25) is 19.9 Å². The minimum atomic E-state index is -0.341. The van der Waals surface area contributed by atoms with Gasteiger partial charge in [0.2, 0.25) is 0 Å². The quantitative estimate of drug-likeness (QED) is 0.525. The largest absolute Gasteiger partial charge is 0.341 e. The van der Waals surface area contributed by atoms with Gasteiger partial charge < -0.3 is 4.57 Å². The van der Waals surface area contributed by atoms with E-state index in [1.807, 2.05) is 54.7 Å². The topological polar surface area (TPSA) is 64.0 Å². The molecule has 2 amide bonds. The molecule has 0 radical (unpaired) electrons. The Morgan fingerprint density at radius 3 is 2.75 bits per heavy atom. The lowest BCUT2D eigenvalue weighted by molar-refractivity contribution is -0.115. The molecule has 0 atom stereocenters. The van der Waals surface area contributed by atoms with E-state index in [0.717, 1.165) is 44.8 Å². The summed E-state index contributed by atoms with van der Waals surface area (Å²) in [5.41, 5.74) is 3.93. The van der Waals surface area contributed by atoms with Crippen LogP contribution in [0.25, 0.3) is 27.9 Å². The molecular formula is C22H15N3O2S. The van der Waals surface area contributed by atoms with E-state index in [2.05, 4.69) is 22.0 Å². The van der Waals surface area contributed by atoms with Gasteiger partial charge in [0.1, 0.15) is 0 Å². The van der Waals surface area contributed by atoms with E-state index in [1.54, 1.807) is 6.08 Å². The highest BCUT2D eigenvalue weighted by atomic mass is 32.2. The summed E-state index contributed by atoms with van der Waals surface area (Å²) in [6.45, 7) is 0.655. The predicted molar refractivity (Wildman–Crippen MR) is 112 cm³/mol. The zero-order valence-electron chi connectivity index (χ0n) is 14.8. The fourth-order valence-electron chi connectivity index (χ4n) is 3.44. The number of benzene rings is 2. The smallest absolute Gasteiger partial charge is 0.290 e. The molecule has 4 aromatic rings. The summed E-state index contributed by atoms with van der Waals surface area (Å²) in [4.78, 5) is 28.4. The van der Waals surface area contributed by atoms with Crippen molar-refractivity contribution >= 4 is 50.8 Å². The predicted octanol–water partition coefficient (Wildman–Crippen LogP) is 4.56. The van der Waals surface area contributed by atoms with Gasteiger partial charge in [0.05, 0.1) is 22.7 Å². The molecule has 2 aromatic heterocycles. The van der Waals surface area contributed by atoms with Gasteiger partial charge in [0.25, 0.3) is 11.1 Å². The number of nitrogens with zero attached hydrogens (tertiary/aromatic N) is 2. The Bertz CT molecular complexity index is 1290. The maximum absolute atomic E-state index is 11.8. The molecule has 0 aliphatic carbocycles. The molecule has 0 spiro atoms. The van der Waals surface area contributed by atoms with E-state index in [0.29, 0.717) is 11.4 Å². The van der Waals surface area contributed by atoms with E-state index in [-0.39, 0.29) is 11.1 Å². The molecule has 0 unspecified atom stereocenters. The summed E-state index contributed by atoms with van der Waals surface area (Å²) in [5, 5.41) is 4.12. The van der Waals surface area contributed by atoms with Crippen LogP contribution in [0.4, 0.5) is 4.79 Å². The number of hydrogen-bond donors (Lipinski definition) is 1. The Hall–Kier alpha value is -3.38. The van der Waals surface area contributed by atoms with E-state index in [1.165, 1.54) is 0 Å². The first kappa shape index (κ1) is 16.8. The molecule has 1 N–H and O–H groups in total. The van der Waals surface area contributed by atoms with Crippen LogP contribution in [0.2, 0.25) is 0 Å². The minimum absolute atomic E-state index is 0.330. The standard InChI is InChI=1S/C22H15N3O2S/c26-21-20(28-22(27)24-21)12-15-5-3-7-19-17(15)10-11-25(19)13-16-9-8-14-4-1-2-6-18(14)23-16/h1-12H,13H2,(H,24,26,27)/b20-12-. The number of nitrogens with one attached hydrogen (secondary N) is 1. The fourth-order valence-corrected chi connectivity index (χ4v) is 4.12. The summed E-state index contributed by atoms with van der Waals surface area (Å²) < 4.78 is 2.14. The summed E-state index contributed by atoms with van der Waals surface area (Å²) >= 11 is 0.932. The second-order valence-corrected chi connectivity index (χ2v) is 7.59. The van der Waals surface area contributed by atoms with Crippen molar-refractivity contribution in [3.63, 3.8) is 0 Å². The molecule has 0 saturated carbocycles. The number of imide groups is 1. The van der Waals surface area contributed by atoms with E-state index in [9.17, 15) is 9.59 Å². The second kappa shape index (κ2) is 6.65. The highest BCUT2D eigenvalue weighted by molar-refractivity contribution is 8.18. The zero-order valence-corrected chi connectivity index (χ0v) is 15.6. The number of amides is 2. The second-order valence-electron chi connectivity index (χ2n) is 6.57. The number of fused-ring (bicyclic) bond motifs is 2. The average Bonchev–Trinajstić information content (AvgIpc) is 3.25. The molecular weight excluding hydrogens is 370 g/mol. The normalized spacial score (nSPS) is 15.6. The SMILES string of the molecule is O=C1NC(=O)/C(=C/c2cccc3c2ccn3Cc2ccc3ccccc3n2)S1. The molecule has 0 bridgehead atoms. The maximum Gasteiger partial charge on any atom is 0.290 e. The van der Waals surface area contributed by atoms with Crippen molar-refractivity contribution in [2.75, 3.05) is 0 Å². The first-order valence-corrected chi connectivity index (χ1v) is 9.66. The number of aromatic nitrogens is 2. The highest BCUT2D eigenvalue weighted by Gasteiger charge is 2.25. The summed E-state index contributed by atoms with van der Waals surface area (Å²) in [7, 11) is 0. The van der Waals surface area contributed by atoms with E-state index in [4.69, 9.17) is 4.98 Å². The van der Waals surface area contributed by atoms with Gasteiger partial charge >= 0.3 is 0 Å². The molecule has 5 rings (SSSR count). The van der Waals surface area contributed by atoms with E-state index < -0.39 is 0 Å². The van der Waals surface area contributed by atoms with Crippen molar-refractivity contribution in [2.24, 2.45) is 0 Å². The van der Waals surface area contributed by atoms with Crippen LogP contribution in [-0.4, -0.2) is 20.7 Å². The zero-order chi connectivity index (χ0) is 19.1. The first-order chi connectivity index (χ1) is 13.7. The Balaban J connectivity index is 1.52.